The van der Waals surface area contributed by atoms with Gasteiger partial charge in [0.1, 0.15) is 0 Å². The van der Waals surface area contributed by atoms with Crippen molar-refractivity contribution in [1.82, 2.24) is 5.32 Å². The van der Waals surface area contributed by atoms with E-state index in [9.17, 15) is 4.79 Å². The number of amides is 1. The number of nitrogens with one attached hydrogen (secondary N) is 2. The Morgan fingerprint density at radius 1 is 1.42 bits per heavy atom. The molecule has 0 fully saturated rings. The maximum atomic E-state index is 11.0. The van der Waals surface area contributed by atoms with Crippen LogP contribution in [0.25, 0.3) is 0 Å². The molecule has 0 aromatic rings. The largest absolute Gasteiger partial charge is 0.356 e. The first-order chi connectivity index (χ1) is 5.52. The fraction of sp³-hybridized carbons (Fsp3) is 0.778. The Balaban J connectivity index is 3.40. The van der Waals surface area contributed by atoms with Crippen LogP contribution in [0.5, 0.6) is 0 Å². The quantitative estimate of drug-likeness (QED) is 0.605. The van der Waals surface area contributed by atoms with Gasteiger partial charge < -0.3 is 10.7 Å². The summed E-state index contributed by atoms with van der Waals surface area (Å²) < 4.78 is 0. The van der Waals surface area contributed by atoms with Crippen molar-refractivity contribution in [2.24, 2.45) is 5.92 Å². The molecule has 0 atom stereocenters. The molecule has 12 heavy (non-hydrogen) atoms. The molecule has 0 bridgehead atoms. The van der Waals surface area contributed by atoms with E-state index in [1.54, 1.807) is 6.92 Å². The Bertz CT molecular complexity index is 164. The summed E-state index contributed by atoms with van der Waals surface area (Å²) in [6, 6.07) is 0. The first-order valence-electron chi connectivity index (χ1n) is 4.33. The van der Waals surface area contributed by atoms with Crippen molar-refractivity contribution in [3.05, 3.63) is 0 Å². The third-order valence-electron chi connectivity index (χ3n) is 1.43. The molecule has 70 valence electrons. The summed E-state index contributed by atoms with van der Waals surface area (Å²) in [4.78, 5) is 11.0. The number of hydrogen-bond donors (Lipinski definition) is 2. The lowest BCUT2D eigenvalue weighted by molar-refractivity contribution is -0.121. The van der Waals surface area contributed by atoms with Gasteiger partial charge in [-0.15, -0.1) is 0 Å². The predicted molar refractivity (Wildman–Crippen MR) is 50.5 cm³/mol. The lowest BCUT2D eigenvalue weighted by Crippen LogP contribution is -2.27. The number of carbonyl (C=O) groups excluding carboxylic acids is 1. The molecule has 0 saturated carbocycles. The minimum absolute atomic E-state index is 0.0512. The SMILES string of the molecule is CC(=N)CCC(=O)NCC(C)C. The Morgan fingerprint density at radius 2 is 2.00 bits per heavy atom. The zero-order valence-corrected chi connectivity index (χ0v) is 8.11. The highest BCUT2D eigenvalue weighted by molar-refractivity contribution is 5.84. The molecule has 0 saturated heterocycles. The van der Waals surface area contributed by atoms with Gasteiger partial charge in [-0.25, -0.2) is 0 Å². The number of rotatable bonds is 5. The summed E-state index contributed by atoms with van der Waals surface area (Å²) >= 11 is 0. The molecule has 0 aromatic carbocycles. The smallest absolute Gasteiger partial charge is 0.220 e. The molecule has 0 unspecified atom stereocenters. The molecular weight excluding hydrogens is 152 g/mol. The minimum Gasteiger partial charge on any atom is -0.356 e. The van der Waals surface area contributed by atoms with Crippen LogP contribution in [0, 0.1) is 11.3 Å². The second-order valence-corrected chi connectivity index (χ2v) is 3.48. The van der Waals surface area contributed by atoms with E-state index < -0.39 is 0 Å². The summed E-state index contributed by atoms with van der Waals surface area (Å²) in [6.07, 6.45) is 1.02. The maximum Gasteiger partial charge on any atom is 0.220 e. The van der Waals surface area contributed by atoms with Gasteiger partial charge in [-0.05, 0) is 19.3 Å². The van der Waals surface area contributed by atoms with Gasteiger partial charge in [-0.2, -0.15) is 0 Å². The molecule has 0 aliphatic rings. The first kappa shape index (κ1) is 11.1. The fourth-order valence-electron chi connectivity index (χ4n) is 0.707. The summed E-state index contributed by atoms with van der Waals surface area (Å²) in [6.45, 7) is 6.57. The van der Waals surface area contributed by atoms with E-state index in [-0.39, 0.29) is 5.91 Å². The first-order valence-corrected chi connectivity index (χ1v) is 4.33. The minimum atomic E-state index is 0.0512. The van der Waals surface area contributed by atoms with Crippen LogP contribution in [0.2, 0.25) is 0 Å². The van der Waals surface area contributed by atoms with Gasteiger partial charge in [-0.1, -0.05) is 13.8 Å². The van der Waals surface area contributed by atoms with Crippen LogP contribution >= 0.6 is 0 Å². The molecular formula is C9H18N2O. The normalized spacial score (nSPS) is 10.0. The monoisotopic (exact) mass is 170 g/mol. The highest BCUT2D eigenvalue weighted by atomic mass is 16.1. The van der Waals surface area contributed by atoms with Gasteiger partial charge in [0.15, 0.2) is 0 Å². The molecule has 0 radical (unpaired) electrons. The van der Waals surface area contributed by atoms with Gasteiger partial charge in [0, 0.05) is 18.7 Å². The Morgan fingerprint density at radius 3 is 2.42 bits per heavy atom. The number of carbonyl (C=O) groups is 1. The molecule has 0 aromatic heterocycles. The van der Waals surface area contributed by atoms with Crippen LogP contribution in [0.1, 0.15) is 33.6 Å². The third-order valence-corrected chi connectivity index (χ3v) is 1.43. The molecule has 0 rings (SSSR count). The topological polar surface area (TPSA) is 53.0 Å². The summed E-state index contributed by atoms with van der Waals surface area (Å²) in [5.74, 6) is 0.547. The van der Waals surface area contributed by atoms with E-state index >= 15 is 0 Å². The average molecular weight is 170 g/mol. The Hall–Kier alpha value is -0.860. The summed E-state index contributed by atoms with van der Waals surface area (Å²) in [7, 11) is 0. The predicted octanol–water partition coefficient (Wildman–Crippen LogP) is 1.58. The van der Waals surface area contributed by atoms with E-state index in [1.165, 1.54) is 0 Å². The van der Waals surface area contributed by atoms with Crippen molar-refractivity contribution in [3.8, 4) is 0 Å². The van der Waals surface area contributed by atoms with Crippen LogP contribution in [0.15, 0.2) is 0 Å². The molecule has 0 aliphatic heterocycles. The third kappa shape index (κ3) is 7.25. The van der Waals surface area contributed by atoms with Gasteiger partial charge >= 0.3 is 0 Å². The van der Waals surface area contributed by atoms with Crippen LogP contribution in [0.3, 0.4) is 0 Å². The molecule has 3 nitrogen and oxygen atoms in total. The molecule has 1 amide bonds. The Kier molecular flexibility index (Phi) is 5.34. The molecule has 0 heterocycles. The van der Waals surface area contributed by atoms with Crippen LogP contribution < -0.4 is 5.32 Å². The highest BCUT2D eigenvalue weighted by Crippen LogP contribution is 1.92. The van der Waals surface area contributed by atoms with Gasteiger partial charge in [0.25, 0.3) is 0 Å². The Labute approximate surface area is 74.1 Å². The van der Waals surface area contributed by atoms with Crippen molar-refractivity contribution in [2.75, 3.05) is 6.54 Å². The highest BCUT2D eigenvalue weighted by Gasteiger charge is 2.01. The zero-order chi connectivity index (χ0) is 9.56. The van der Waals surface area contributed by atoms with E-state index in [2.05, 4.69) is 19.2 Å². The molecule has 2 N–H and O–H groups in total. The van der Waals surface area contributed by atoms with E-state index in [1.807, 2.05) is 0 Å². The van der Waals surface area contributed by atoms with Crippen molar-refractivity contribution < 1.29 is 4.79 Å². The lowest BCUT2D eigenvalue weighted by atomic mass is 10.2. The lowest BCUT2D eigenvalue weighted by Gasteiger charge is -2.06. The van der Waals surface area contributed by atoms with Gasteiger partial charge in [0.2, 0.25) is 5.91 Å². The van der Waals surface area contributed by atoms with Crippen molar-refractivity contribution in [1.29, 1.82) is 5.41 Å². The fourth-order valence-corrected chi connectivity index (χ4v) is 0.707. The van der Waals surface area contributed by atoms with E-state index in [4.69, 9.17) is 5.41 Å². The second-order valence-electron chi connectivity index (χ2n) is 3.48. The van der Waals surface area contributed by atoms with Crippen molar-refractivity contribution in [3.63, 3.8) is 0 Å². The van der Waals surface area contributed by atoms with Crippen LogP contribution in [-0.2, 0) is 4.79 Å². The van der Waals surface area contributed by atoms with E-state index in [0.29, 0.717) is 24.5 Å². The molecule has 3 heteroatoms. The average Bonchev–Trinajstić information content (AvgIpc) is 1.96. The standard InChI is InChI=1S/C9H18N2O/c1-7(2)6-11-9(12)5-4-8(3)10/h7,10H,4-6H2,1-3H3,(H,11,12). The summed E-state index contributed by atoms with van der Waals surface area (Å²) in [5, 5.41) is 9.93. The molecule has 0 spiro atoms. The summed E-state index contributed by atoms with van der Waals surface area (Å²) in [5.41, 5.74) is 0.565. The van der Waals surface area contributed by atoms with Gasteiger partial charge in [0.05, 0.1) is 0 Å². The van der Waals surface area contributed by atoms with Crippen LogP contribution in [-0.4, -0.2) is 18.2 Å². The second kappa shape index (κ2) is 5.75. The molecule has 0 aliphatic carbocycles. The van der Waals surface area contributed by atoms with Gasteiger partial charge in [-0.3, -0.25) is 4.79 Å². The van der Waals surface area contributed by atoms with Crippen LogP contribution in [0.4, 0.5) is 0 Å². The zero-order valence-electron chi connectivity index (χ0n) is 8.11. The van der Waals surface area contributed by atoms with E-state index in [0.717, 1.165) is 6.54 Å². The maximum absolute atomic E-state index is 11.0. The van der Waals surface area contributed by atoms with Crippen molar-refractivity contribution >= 4 is 11.6 Å². The van der Waals surface area contributed by atoms with Crippen molar-refractivity contribution in [2.45, 2.75) is 33.6 Å². The number of hydrogen-bond acceptors (Lipinski definition) is 2.